The van der Waals surface area contributed by atoms with Crippen LogP contribution in [0.2, 0.25) is 18.1 Å². The van der Waals surface area contributed by atoms with Gasteiger partial charge in [0.25, 0.3) is 0 Å². The van der Waals surface area contributed by atoms with E-state index < -0.39 is 15.4 Å². The lowest BCUT2D eigenvalue weighted by Gasteiger charge is -2.42. The Balaban J connectivity index is 1.98. The SMILES string of the molecule is CC1(C)CCC(C)(C)c2cc(B(O)O)c(OCCCCCO[Si](C)(C)C(C)(C)C)cc21. The van der Waals surface area contributed by atoms with Crippen molar-refractivity contribution in [1.29, 1.82) is 0 Å². The Labute approximate surface area is 192 Å². The first-order chi connectivity index (χ1) is 14.1. The zero-order chi connectivity index (χ0) is 23.7. The number of unbranched alkanes of at least 4 members (excludes halogenated alkanes) is 2. The van der Waals surface area contributed by atoms with Crippen LogP contribution >= 0.6 is 0 Å². The van der Waals surface area contributed by atoms with Crippen LogP contribution in [0.4, 0.5) is 0 Å². The monoisotopic (exact) mass is 448 g/mol. The molecule has 1 aliphatic carbocycles. The molecule has 0 saturated carbocycles. The van der Waals surface area contributed by atoms with Gasteiger partial charge in [0.05, 0.1) is 6.61 Å². The Morgan fingerprint density at radius 1 is 0.903 bits per heavy atom. The fourth-order valence-electron chi connectivity index (χ4n) is 4.04. The minimum absolute atomic E-state index is 0.0250. The van der Waals surface area contributed by atoms with Crippen LogP contribution < -0.4 is 10.2 Å². The number of hydrogen-bond acceptors (Lipinski definition) is 4. The number of fused-ring (bicyclic) bond motifs is 1. The first-order valence-corrected chi connectivity index (χ1v) is 14.8. The summed E-state index contributed by atoms with van der Waals surface area (Å²) in [5, 5.41) is 20.2. The molecular weight excluding hydrogens is 403 g/mol. The van der Waals surface area contributed by atoms with E-state index in [0.29, 0.717) is 17.8 Å². The van der Waals surface area contributed by atoms with E-state index in [1.807, 2.05) is 6.07 Å². The van der Waals surface area contributed by atoms with Crippen molar-refractivity contribution in [1.82, 2.24) is 0 Å². The minimum atomic E-state index is -1.67. The highest BCUT2D eigenvalue weighted by molar-refractivity contribution is 6.74. The smallest absolute Gasteiger partial charge is 0.492 e. The van der Waals surface area contributed by atoms with Crippen molar-refractivity contribution in [2.75, 3.05) is 13.2 Å². The summed E-state index contributed by atoms with van der Waals surface area (Å²) in [6.45, 7) is 21.8. The molecule has 1 aromatic carbocycles. The molecule has 31 heavy (non-hydrogen) atoms. The van der Waals surface area contributed by atoms with E-state index in [2.05, 4.69) is 67.6 Å². The molecule has 6 heteroatoms. The minimum Gasteiger partial charge on any atom is -0.494 e. The van der Waals surface area contributed by atoms with Gasteiger partial charge < -0.3 is 19.2 Å². The Hall–Kier alpha value is -0.818. The van der Waals surface area contributed by atoms with E-state index in [-0.39, 0.29) is 15.9 Å². The van der Waals surface area contributed by atoms with Crippen molar-refractivity contribution in [3.63, 3.8) is 0 Å². The van der Waals surface area contributed by atoms with Crippen molar-refractivity contribution < 1.29 is 19.2 Å². The third kappa shape index (κ3) is 6.37. The van der Waals surface area contributed by atoms with E-state index in [0.717, 1.165) is 38.7 Å². The van der Waals surface area contributed by atoms with Gasteiger partial charge in [0, 0.05) is 12.1 Å². The van der Waals surface area contributed by atoms with E-state index >= 15 is 0 Å². The zero-order valence-electron chi connectivity index (χ0n) is 21.4. The molecular formula is C25H45BO4Si. The average molecular weight is 449 g/mol. The number of rotatable bonds is 9. The van der Waals surface area contributed by atoms with Gasteiger partial charge in [-0.1, -0.05) is 54.5 Å². The number of hydrogen-bond donors (Lipinski definition) is 2. The standard InChI is InChI=1S/C25H45BO4Si/c1-23(2,3)31(8,9)30-16-12-10-11-15-29-22-18-20-19(17-21(22)26(27)28)24(4,5)13-14-25(20,6)7/h17-18,27-28H,10-16H2,1-9H3. The van der Waals surface area contributed by atoms with Crippen LogP contribution in [0, 0.1) is 0 Å². The topological polar surface area (TPSA) is 58.9 Å². The Kier molecular flexibility index (Phi) is 8.17. The van der Waals surface area contributed by atoms with Crippen molar-refractivity contribution >= 4 is 20.9 Å². The molecule has 2 rings (SSSR count). The lowest BCUT2D eigenvalue weighted by Crippen LogP contribution is -2.40. The molecule has 1 aliphatic rings. The zero-order valence-corrected chi connectivity index (χ0v) is 22.4. The molecule has 0 bridgehead atoms. The van der Waals surface area contributed by atoms with Crippen LogP contribution in [0.3, 0.4) is 0 Å². The molecule has 1 aromatic rings. The second-order valence-electron chi connectivity index (χ2n) is 12.1. The van der Waals surface area contributed by atoms with Gasteiger partial charge in [0.1, 0.15) is 5.75 Å². The largest absolute Gasteiger partial charge is 0.494 e. The number of benzene rings is 1. The maximum Gasteiger partial charge on any atom is 0.492 e. The molecule has 0 fully saturated rings. The third-order valence-electron chi connectivity index (χ3n) is 7.58. The summed E-state index contributed by atoms with van der Waals surface area (Å²) in [6, 6.07) is 4.02. The van der Waals surface area contributed by atoms with Gasteiger partial charge in [0.2, 0.25) is 0 Å². The first-order valence-electron chi connectivity index (χ1n) is 11.9. The molecule has 0 aliphatic heterocycles. The highest BCUT2D eigenvalue weighted by Crippen LogP contribution is 2.46. The summed E-state index contributed by atoms with van der Waals surface area (Å²) in [5.41, 5.74) is 3.04. The summed E-state index contributed by atoms with van der Waals surface area (Å²) < 4.78 is 12.3. The second-order valence-corrected chi connectivity index (χ2v) is 16.9. The van der Waals surface area contributed by atoms with E-state index in [9.17, 15) is 10.0 Å². The third-order valence-corrected chi connectivity index (χ3v) is 12.1. The Morgan fingerprint density at radius 3 is 1.94 bits per heavy atom. The van der Waals surface area contributed by atoms with Crippen LogP contribution in [0.15, 0.2) is 12.1 Å². The van der Waals surface area contributed by atoms with Crippen LogP contribution in [0.5, 0.6) is 5.75 Å². The van der Waals surface area contributed by atoms with Gasteiger partial charge in [0.15, 0.2) is 8.32 Å². The molecule has 0 radical (unpaired) electrons. The first kappa shape index (κ1) is 26.4. The average Bonchev–Trinajstić information content (AvgIpc) is 2.63. The molecule has 0 unspecified atom stereocenters. The highest BCUT2D eigenvalue weighted by atomic mass is 28.4. The quantitative estimate of drug-likeness (QED) is 0.398. The summed E-state index contributed by atoms with van der Waals surface area (Å²) in [6.07, 6.45) is 5.19. The molecule has 2 N–H and O–H groups in total. The fourth-order valence-corrected chi connectivity index (χ4v) is 5.13. The maximum absolute atomic E-state index is 9.98. The molecule has 4 nitrogen and oxygen atoms in total. The Morgan fingerprint density at radius 2 is 1.42 bits per heavy atom. The van der Waals surface area contributed by atoms with Gasteiger partial charge in [-0.15, -0.1) is 0 Å². The lowest BCUT2D eigenvalue weighted by atomic mass is 9.61. The number of ether oxygens (including phenoxy) is 1. The lowest BCUT2D eigenvalue weighted by molar-refractivity contribution is 0.263. The second kappa shape index (κ2) is 9.58. The van der Waals surface area contributed by atoms with Crippen LogP contribution in [0.1, 0.15) is 91.7 Å². The van der Waals surface area contributed by atoms with Gasteiger partial charge >= 0.3 is 7.12 Å². The molecule has 0 atom stereocenters. The summed E-state index contributed by atoms with van der Waals surface area (Å²) in [4.78, 5) is 0. The van der Waals surface area contributed by atoms with E-state index in [1.54, 1.807) is 0 Å². The highest BCUT2D eigenvalue weighted by Gasteiger charge is 2.39. The van der Waals surface area contributed by atoms with Crippen molar-refractivity contribution in [2.24, 2.45) is 0 Å². The van der Waals surface area contributed by atoms with Crippen molar-refractivity contribution in [3.8, 4) is 5.75 Å². The van der Waals surface area contributed by atoms with Gasteiger partial charge in [-0.25, -0.2) is 0 Å². The van der Waals surface area contributed by atoms with Crippen molar-refractivity contribution in [3.05, 3.63) is 23.3 Å². The predicted octanol–water partition coefficient (Wildman–Crippen LogP) is 5.29. The van der Waals surface area contributed by atoms with E-state index in [4.69, 9.17) is 9.16 Å². The summed E-state index contributed by atoms with van der Waals surface area (Å²) in [5.74, 6) is 0.608. The molecule has 176 valence electrons. The van der Waals surface area contributed by atoms with E-state index in [1.165, 1.54) is 11.1 Å². The Bertz CT molecular complexity index is 751. The summed E-state index contributed by atoms with van der Waals surface area (Å²) in [7, 11) is -3.20. The normalized spacial score (nSPS) is 17.9. The predicted molar refractivity (Wildman–Crippen MR) is 134 cm³/mol. The van der Waals surface area contributed by atoms with Crippen molar-refractivity contribution in [2.45, 2.75) is 110 Å². The molecule has 0 aromatic heterocycles. The van der Waals surface area contributed by atoms with Crippen LogP contribution in [0.25, 0.3) is 0 Å². The fraction of sp³-hybridized carbons (Fsp3) is 0.760. The van der Waals surface area contributed by atoms with Gasteiger partial charge in [-0.05, 0) is 78.3 Å². The molecule has 0 heterocycles. The van der Waals surface area contributed by atoms with Gasteiger partial charge in [-0.3, -0.25) is 0 Å². The van der Waals surface area contributed by atoms with Gasteiger partial charge in [-0.2, -0.15) is 0 Å². The van der Waals surface area contributed by atoms with Crippen LogP contribution in [-0.4, -0.2) is 38.7 Å². The molecule has 0 spiro atoms. The summed E-state index contributed by atoms with van der Waals surface area (Å²) >= 11 is 0. The van der Waals surface area contributed by atoms with Crippen LogP contribution in [-0.2, 0) is 15.3 Å². The molecule has 0 amide bonds. The molecule has 0 saturated heterocycles. The maximum atomic E-state index is 9.98.